The molecule has 1 aliphatic heterocycles. The summed E-state index contributed by atoms with van der Waals surface area (Å²) in [5, 5.41) is 8.55. The van der Waals surface area contributed by atoms with Crippen molar-refractivity contribution in [3.8, 4) is 5.75 Å². The zero-order valence-electron chi connectivity index (χ0n) is 16.2. The highest BCUT2D eigenvalue weighted by Crippen LogP contribution is 2.37. The summed E-state index contributed by atoms with van der Waals surface area (Å²) in [7, 11) is 1.66. The Morgan fingerprint density at radius 2 is 1.59 bits per heavy atom. The molecular weight excluding hydrogens is 364 g/mol. The van der Waals surface area contributed by atoms with Crippen LogP contribution in [-0.4, -0.2) is 19.4 Å². The number of nitrogens with zero attached hydrogens (tertiary/aromatic N) is 3. The second-order valence-corrected chi connectivity index (χ2v) is 6.86. The third-order valence-electron chi connectivity index (χ3n) is 5.00. The maximum Gasteiger partial charge on any atom is 0.176 e. The molecule has 146 valence electrons. The number of hydrogen-bond acceptors (Lipinski definition) is 6. The van der Waals surface area contributed by atoms with Crippen molar-refractivity contribution in [3.63, 3.8) is 0 Å². The molecule has 6 nitrogen and oxygen atoms in total. The van der Waals surface area contributed by atoms with Crippen LogP contribution in [0.5, 0.6) is 5.75 Å². The second kappa shape index (κ2) is 8.24. The first-order chi connectivity index (χ1) is 14.2. The lowest BCUT2D eigenvalue weighted by Crippen LogP contribution is -2.15. The minimum absolute atomic E-state index is 0.00485. The Morgan fingerprint density at radius 1 is 0.966 bits per heavy atom. The maximum absolute atomic E-state index is 11.6. The first-order valence-electron chi connectivity index (χ1n) is 9.43. The summed E-state index contributed by atoms with van der Waals surface area (Å²) in [6, 6.07) is 21.2. The summed E-state index contributed by atoms with van der Waals surface area (Å²) in [5.74, 6) is 0.663. The minimum atomic E-state index is -0.0992. The fraction of sp³-hybridized carbons (Fsp3) is 0.174. The molecule has 29 heavy (non-hydrogen) atoms. The van der Waals surface area contributed by atoms with Gasteiger partial charge in [-0.1, -0.05) is 24.3 Å². The molecule has 3 aromatic carbocycles. The van der Waals surface area contributed by atoms with Gasteiger partial charge < -0.3 is 15.4 Å². The highest BCUT2D eigenvalue weighted by molar-refractivity contribution is 5.97. The van der Waals surface area contributed by atoms with Crippen LogP contribution < -0.4 is 15.4 Å². The Bertz CT molecular complexity index is 1040. The van der Waals surface area contributed by atoms with Gasteiger partial charge in [0, 0.05) is 24.7 Å². The molecular formula is C23H22N4O2. The zero-order valence-corrected chi connectivity index (χ0v) is 16.2. The Labute approximate surface area is 169 Å². The van der Waals surface area contributed by atoms with Crippen LogP contribution in [0, 0.1) is 0 Å². The number of hydrogen-bond donors (Lipinski definition) is 1. The van der Waals surface area contributed by atoms with Crippen LogP contribution in [0.15, 0.2) is 77.0 Å². The van der Waals surface area contributed by atoms with Crippen LogP contribution in [0.2, 0.25) is 0 Å². The first kappa shape index (κ1) is 18.8. The minimum Gasteiger partial charge on any atom is -0.495 e. The molecule has 0 radical (unpaired) electrons. The number of ether oxygens (including phenoxy) is 1. The maximum atomic E-state index is 11.6. The van der Waals surface area contributed by atoms with E-state index in [2.05, 4.69) is 39.4 Å². The van der Waals surface area contributed by atoms with Crippen molar-refractivity contribution < 1.29 is 9.53 Å². The molecule has 2 N–H and O–H groups in total. The third-order valence-corrected chi connectivity index (χ3v) is 5.00. The first-order valence-corrected chi connectivity index (χ1v) is 9.43. The van der Waals surface area contributed by atoms with Gasteiger partial charge in [-0.3, -0.25) is 4.79 Å². The number of methoxy groups -OCH3 is 1. The quantitative estimate of drug-likeness (QED) is 0.489. The Kier molecular flexibility index (Phi) is 5.35. The fourth-order valence-corrected chi connectivity index (χ4v) is 3.44. The molecule has 0 aromatic heterocycles. The van der Waals surface area contributed by atoms with Gasteiger partial charge in [0.15, 0.2) is 5.78 Å². The molecule has 4 rings (SSSR count). The SMILES string of the molecule is COc1cc(N=Nc2ccc(C(=O)CN)cc2)ccc1N1Cc2ccccc2C1. The van der Waals surface area contributed by atoms with Gasteiger partial charge in [0.2, 0.25) is 0 Å². The highest BCUT2D eigenvalue weighted by Gasteiger charge is 2.21. The third kappa shape index (κ3) is 4.02. The van der Waals surface area contributed by atoms with E-state index in [-0.39, 0.29) is 12.3 Å². The summed E-state index contributed by atoms with van der Waals surface area (Å²) < 4.78 is 5.61. The van der Waals surface area contributed by atoms with Gasteiger partial charge in [-0.05, 0) is 47.5 Å². The zero-order chi connectivity index (χ0) is 20.2. The van der Waals surface area contributed by atoms with Gasteiger partial charge in [0.25, 0.3) is 0 Å². The van der Waals surface area contributed by atoms with Crippen LogP contribution in [0.3, 0.4) is 0 Å². The predicted octanol–water partition coefficient (Wildman–Crippen LogP) is 4.77. The van der Waals surface area contributed by atoms with Crippen molar-refractivity contribution in [1.29, 1.82) is 0 Å². The molecule has 0 amide bonds. The molecule has 0 aliphatic carbocycles. The summed E-state index contributed by atoms with van der Waals surface area (Å²) >= 11 is 0. The summed E-state index contributed by atoms with van der Waals surface area (Å²) in [5.41, 5.74) is 11.0. The molecule has 6 heteroatoms. The number of nitrogens with two attached hydrogens (primary N) is 1. The van der Waals surface area contributed by atoms with Crippen molar-refractivity contribution in [2.75, 3.05) is 18.6 Å². The lowest BCUT2D eigenvalue weighted by atomic mass is 10.1. The van der Waals surface area contributed by atoms with Crippen molar-refractivity contribution in [1.82, 2.24) is 0 Å². The van der Waals surface area contributed by atoms with Crippen molar-refractivity contribution in [2.45, 2.75) is 13.1 Å². The molecule has 3 aromatic rings. The van der Waals surface area contributed by atoms with Crippen LogP contribution in [0.4, 0.5) is 17.1 Å². The normalized spacial score (nSPS) is 13.0. The average Bonchev–Trinajstić information content (AvgIpc) is 3.21. The van der Waals surface area contributed by atoms with Crippen molar-refractivity contribution in [3.05, 3.63) is 83.4 Å². The van der Waals surface area contributed by atoms with E-state index in [9.17, 15) is 4.79 Å². The number of azo groups is 1. The molecule has 0 spiro atoms. The van der Waals surface area contributed by atoms with Crippen LogP contribution in [0.1, 0.15) is 21.5 Å². The van der Waals surface area contributed by atoms with E-state index in [0.29, 0.717) is 16.9 Å². The summed E-state index contributed by atoms with van der Waals surface area (Å²) in [4.78, 5) is 13.9. The topological polar surface area (TPSA) is 80.3 Å². The van der Waals surface area contributed by atoms with E-state index < -0.39 is 0 Å². The number of Topliss-reactive ketones (excluding diaryl/α,β-unsaturated/α-hetero) is 1. The van der Waals surface area contributed by atoms with Gasteiger partial charge in [0.05, 0.1) is 30.7 Å². The standard InChI is InChI=1S/C23H22N4O2/c1-29-23-12-20(26-25-19-8-6-16(7-9-19)22(28)13-24)10-11-21(23)27-14-17-4-2-3-5-18(17)15-27/h2-12H,13-15,24H2,1H3. The second-order valence-electron chi connectivity index (χ2n) is 6.86. The van der Waals surface area contributed by atoms with Gasteiger partial charge in [-0.2, -0.15) is 10.2 Å². The molecule has 1 aliphatic rings. The monoisotopic (exact) mass is 386 g/mol. The predicted molar refractivity (Wildman–Crippen MR) is 113 cm³/mol. The lowest BCUT2D eigenvalue weighted by molar-refractivity contribution is 0.100. The Morgan fingerprint density at radius 3 is 2.21 bits per heavy atom. The summed E-state index contributed by atoms with van der Waals surface area (Å²) in [6.45, 7) is 1.72. The van der Waals surface area contributed by atoms with E-state index >= 15 is 0 Å². The molecule has 0 unspecified atom stereocenters. The largest absolute Gasteiger partial charge is 0.495 e. The van der Waals surface area contributed by atoms with Crippen LogP contribution in [0.25, 0.3) is 0 Å². The van der Waals surface area contributed by atoms with Gasteiger partial charge in [-0.25, -0.2) is 0 Å². The van der Waals surface area contributed by atoms with Gasteiger partial charge in [-0.15, -0.1) is 0 Å². The molecule has 0 saturated heterocycles. The van der Waals surface area contributed by atoms with Crippen molar-refractivity contribution in [2.24, 2.45) is 16.0 Å². The number of carbonyl (C=O) groups is 1. The molecule has 0 atom stereocenters. The Balaban J connectivity index is 1.51. The van der Waals surface area contributed by atoms with E-state index in [0.717, 1.165) is 24.5 Å². The van der Waals surface area contributed by atoms with E-state index in [1.807, 2.05) is 18.2 Å². The number of rotatable bonds is 6. The van der Waals surface area contributed by atoms with E-state index in [4.69, 9.17) is 10.5 Å². The average molecular weight is 386 g/mol. The molecule has 1 heterocycles. The molecule has 0 fully saturated rings. The summed E-state index contributed by atoms with van der Waals surface area (Å²) in [6.07, 6.45) is 0. The van der Waals surface area contributed by atoms with E-state index in [1.165, 1.54) is 11.1 Å². The lowest BCUT2D eigenvalue weighted by Gasteiger charge is -2.20. The Hall–Kier alpha value is -3.51. The smallest absolute Gasteiger partial charge is 0.176 e. The molecule has 0 bridgehead atoms. The number of benzene rings is 3. The van der Waals surface area contributed by atoms with Crippen molar-refractivity contribution >= 4 is 22.8 Å². The fourth-order valence-electron chi connectivity index (χ4n) is 3.44. The van der Waals surface area contributed by atoms with Crippen LogP contribution in [-0.2, 0) is 13.1 Å². The van der Waals surface area contributed by atoms with Gasteiger partial charge >= 0.3 is 0 Å². The highest BCUT2D eigenvalue weighted by atomic mass is 16.5. The van der Waals surface area contributed by atoms with Gasteiger partial charge in [0.1, 0.15) is 5.75 Å². The number of ketones is 1. The van der Waals surface area contributed by atoms with E-state index in [1.54, 1.807) is 31.4 Å². The molecule has 0 saturated carbocycles. The number of anilines is 1. The number of fused-ring (bicyclic) bond motifs is 1. The van der Waals surface area contributed by atoms with Crippen LogP contribution >= 0.6 is 0 Å². The number of carbonyl (C=O) groups excluding carboxylic acids is 1.